The zero-order valence-electron chi connectivity index (χ0n) is 13.6. The van der Waals surface area contributed by atoms with Gasteiger partial charge >= 0.3 is 5.97 Å². The summed E-state index contributed by atoms with van der Waals surface area (Å²) in [6.07, 6.45) is 7.50. The predicted octanol–water partition coefficient (Wildman–Crippen LogP) is 3.61. The van der Waals surface area contributed by atoms with E-state index in [-0.39, 0.29) is 5.91 Å². The van der Waals surface area contributed by atoms with Gasteiger partial charge in [-0.15, -0.1) is 11.3 Å². The molecule has 0 aliphatic rings. The van der Waals surface area contributed by atoms with Crippen molar-refractivity contribution in [2.24, 2.45) is 0 Å². The van der Waals surface area contributed by atoms with E-state index in [1.807, 2.05) is 22.9 Å². The summed E-state index contributed by atoms with van der Waals surface area (Å²) >= 11 is 1.53. The van der Waals surface area contributed by atoms with E-state index < -0.39 is 5.97 Å². The van der Waals surface area contributed by atoms with Gasteiger partial charge in [0.2, 0.25) is 5.91 Å². The highest BCUT2D eigenvalue weighted by Gasteiger charge is 2.08. The number of carbonyl (C=O) groups is 2. The van der Waals surface area contributed by atoms with Crippen LogP contribution in [0.25, 0.3) is 11.0 Å². The number of nitrogens with one attached hydrogen (secondary N) is 1. The van der Waals surface area contributed by atoms with Gasteiger partial charge in [0.25, 0.3) is 0 Å². The largest absolute Gasteiger partial charge is 0.462 e. The summed E-state index contributed by atoms with van der Waals surface area (Å²) < 4.78 is 6.99. The fourth-order valence-corrected chi connectivity index (χ4v) is 2.91. The zero-order chi connectivity index (χ0) is 17.6. The number of carbonyl (C=O) groups excluding carboxylic acids is 2. The first kappa shape index (κ1) is 16.9. The number of aromatic nitrogens is 2. The van der Waals surface area contributed by atoms with E-state index in [0.29, 0.717) is 17.9 Å². The van der Waals surface area contributed by atoms with Crippen LogP contribution in [0.5, 0.6) is 0 Å². The van der Waals surface area contributed by atoms with Crippen molar-refractivity contribution in [3.05, 3.63) is 59.4 Å². The molecule has 0 bridgehead atoms. The minimum atomic E-state index is -0.396. The van der Waals surface area contributed by atoms with E-state index in [1.165, 1.54) is 17.4 Å². The summed E-state index contributed by atoms with van der Waals surface area (Å²) in [6, 6.07) is 6.68. The second-order valence-corrected chi connectivity index (χ2v) is 6.15. The number of ether oxygens (including phenoxy) is 1. The van der Waals surface area contributed by atoms with Crippen molar-refractivity contribution >= 4 is 39.9 Å². The van der Waals surface area contributed by atoms with Crippen molar-refractivity contribution in [3.63, 3.8) is 0 Å². The Hall–Kier alpha value is -2.93. The predicted molar refractivity (Wildman–Crippen MR) is 97.7 cm³/mol. The van der Waals surface area contributed by atoms with Crippen LogP contribution in [0.2, 0.25) is 0 Å². The Balaban J connectivity index is 1.65. The molecule has 1 aromatic carbocycles. The van der Waals surface area contributed by atoms with Gasteiger partial charge in [-0.2, -0.15) is 0 Å². The summed E-state index contributed by atoms with van der Waals surface area (Å²) in [5.74, 6) is -0.683. The fraction of sp³-hybridized carbons (Fsp3) is 0.167. The maximum Gasteiger partial charge on any atom is 0.338 e. The number of hydrogen-bond donors (Lipinski definition) is 1. The maximum atomic E-state index is 12.1. The number of thiazole rings is 1. The number of esters is 1. The standard InChI is InChI=1S/C18H17N3O3S/c1-2-9-24-17(23)13-4-3-5-14(11-13)20-16(22)7-6-15-12-19-18-21(15)8-10-25-18/h3-8,10-12H,2,9H2,1H3,(H,20,22)/b7-6+. The van der Waals surface area contributed by atoms with Gasteiger partial charge in [0.15, 0.2) is 4.96 Å². The number of fused-ring (bicyclic) bond motifs is 1. The molecule has 25 heavy (non-hydrogen) atoms. The summed E-state index contributed by atoms with van der Waals surface area (Å²) in [5, 5.41) is 4.67. The quantitative estimate of drug-likeness (QED) is 0.541. The Bertz CT molecular complexity index is 926. The van der Waals surface area contributed by atoms with Gasteiger partial charge in [0.1, 0.15) is 0 Å². The molecule has 0 fully saturated rings. The van der Waals surface area contributed by atoms with Gasteiger partial charge in [0, 0.05) is 23.3 Å². The van der Waals surface area contributed by atoms with E-state index in [9.17, 15) is 9.59 Å². The van der Waals surface area contributed by atoms with Crippen LogP contribution < -0.4 is 5.32 Å². The third kappa shape index (κ3) is 4.13. The van der Waals surface area contributed by atoms with Crippen LogP contribution in [0.1, 0.15) is 29.4 Å². The molecule has 1 N–H and O–H groups in total. The Labute approximate surface area is 148 Å². The van der Waals surface area contributed by atoms with Gasteiger partial charge < -0.3 is 10.1 Å². The highest BCUT2D eigenvalue weighted by atomic mass is 32.1. The smallest absolute Gasteiger partial charge is 0.338 e. The summed E-state index contributed by atoms with van der Waals surface area (Å²) in [7, 11) is 0. The molecule has 0 atom stereocenters. The number of rotatable bonds is 6. The molecule has 0 radical (unpaired) electrons. The Morgan fingerprint density at radius 1 is 1.40 bits per heavy atom. The van der Waals surface area contributed by atoms with Crippen LogP contribution in [-0.4, -0.2) is 27.9 Å². The van der Waals surface area contributed by atoms with Crippen molar-refractivity contribution in [2.45, 2.75) is 13.3 Å². The van der Waals surface area contributed by atoms with Gasteiger partial charge in [-0.1, -0.05) is 13.0 Å². The molecule has 1 amide bonds. The molecule has 128 valence electrons. The number of imidazole rings is 1. The molecular formula is C18H17N3O3S. The first-order valence-corrected chi connectivity index (χ1v) is 8.72. The molecular weight excluding hydrogens is 338 g/mol. The van der Waals surface area contributed by atoms with Gasteiger partial charge in [-0.25, -0.2) is 9.78 Å². The molecule has 2 aromatic heterocycles. The van der Waals surface area contributed by atoms with Crippen molar-refractivity contribution in [3.8, 4) is 0 Å². The van der Waals surface area contributed by atoms with Crippen LogP contribution in [0.15, 0.2) is 48.1 Å². The first-order chi connectivity index (χ1) is 12.2. The molecule has 7 heteroatoms. The van der Waals surface area contributed by atoms with Gasteiger partial charge in [-0.3, -0.25) is 9.20 Å². The molecule has 0 aliphatic heterocycles. The average molecular weight is 355 g/mol. The third-order valence-electron chi connectivity index (χ3n) is 3.38. The van der Waals surface area contributed by atoms with Crippen molar-refractivity contribution in [1.29, 1.82) is 0 Å². The number of amides is 1. The number of benzene rings is 1. The average Bonchev–Trinajstić information content (AvgIpc) is 3.22. The van der Waals surface area contributed by atoms with E-state index in [4.69, 9.17) is 4.74 Å². The molecule has 3 aromatic rings. The molecule has 0 saturated carbocycles. The Morgan fingerprint density at radius 3 is 3.12 bits per heavy atom. The summed E-state index contributed by atoms with van der Waals surface area (Å²) in [5.41, 5.74) is 1.77. The van der Waals surface area contributed by atoms with Crippen LogP contribution in [0.4, 0.5) is 5.69 Å². The molecule has 0 aliphatic carbocycles. The molecule has 0 spiro atoms. The second-order valence-electron chi connectivity index (χ2n) is 5.28. The summed E-state index contributed by atoms with van der Waals surface area (Å²) in [4.78, 5) is 29.1. The van der Waals surface area contributed by atoms with E-state index in [2.05, 4.69) is 10.3 Å². The molecule has 2 heterocycles. The molecule has 6 nitrogen and oxygen atoms in total. The maximum absolute atomic E-state index is 12.1. The SMILES string of the molecule is CCCOC(=O)c1cccc(NC(=O)/C=C/c2cnc3sccn23)c1. The van der Waals surface area contributed by atoms with Gasteiger partial charge in [-0.05, 0) is 30.7 Å². The van der Waals surface area contributed by atoms with Crippen LogP contribution in [-0.2, 0) is 9.53 Å². The minimum absolute atomic E-state index is 0.288. The second kappa shape index (κ2) is 7.76. The van der Waals surface area contributed by atoms with E-state index in [0.717, 1.165) is 17.1 Å². The highest BCUT2D eigenvalue weighted by Crippen LogP contribution is 2.15. The van der Waals surface area contributed by atoms with Crippen LogP contribution >= 0.6 is 11.3 Å². The van der Waals surface area contributed by atoms with Crippen LogP contribution in [0.3, 0.4) is 0 Å². The van der Waals surface area contributed by atoms with Crippen LogP contribution in [0, 0.1) is 0 Å². The minimum Gasteiger partial charge on any atom is -0.462 e. The number of anilines is 1. The number of nitrogens with zero attached hydrogens (tertiary/aromatic N) is 2. The Kier molecular flexibility index (Phi) is 5.25. The molecule has 0 unspecified atom stereocenters. The van der Waals surface area contributed by atoms with E-state index >= 15 is 0 Å². The zero-order valence-corrected chi connectivity index (χ0v) is 14.5. The lowest BCUT2D eigenvalue weighted by atomic mass is 10.2. The fourth-order valence-electron chi connectivity index (χ4n) is 2.22. The number of hydrogen-bond acceptors (Lipinski definition) is 5. The van der Waals surface area contributed by atoms with Crippen molar-refractivity contribution < 1.29 is 14.3 Å². The highest BCUT2D eigenvalue weighted by molar-refractivity contribution is 7.15. The summed E-state index contributed by atoms with van der Waals surface area (Å²) in [6.45, 7) is 2.31. The lowest BCUT2D eigenvalue weighted by Gasteiger charge is -2.06. The van der Waals surface area contributed by atoms with Crippen molar-refractivity contribution in [1.82, 2.24) is 9.38 Å². The first-order valence-electron chi connectivity index (χ1n) is 7.84. The topological polar surface area (TPSA) is 72.7 Å². The monoisotopic (exact) mass is 355 g/mol. The molecule has 3 rings (SSSR count). The van der Waals surface area contributed by atoms with Crippen molar-refractivity contribution in [2.75, 3.05) is 11.9 Å². The normalized spacial score (nSPS) is 11.1. The lowest BCUT2D eigenvalue weighted by molar-refractivity contribution is -0.111. The lowest BCUT2D eigenvalue weighted by Crippen LogP contribution is -2.10. The Morgan fingerprint density at radius 2 is 2.28 bits per heavy atom. The van der Waals surface area contributed by atoms with Gasteiger partial charge in [0.05, 0.1) is 24.1 Å². The van der Waals surface area contributed by atoms with E-state index in [1.54, 1.807) is 36.5 Å². The molecule has 0 saturated heterocycles. The third-order valence-corrected chi connectivity index (χ3v) is 4.15.